The van der Waals surface area contributed by atoms with Crippen molar-refractivity contribution in [3.8, 4) is 6.07 Å². The lowest BCUT2D eigenvalue weighted by atomic mass is 9.93. The van der Waals surface area contributed by atoms with E-state index < -0.39 is 0 Å². The Hall–Kier alpha value is -1.59. The molecule has 86 valence electrons. The van der Waals surface area contributed by atoms with Gasteiger partial charge in [-0.1, -0.05) is 31.2 Å². The zero-order valence-corrected chi connectivity index (χ0v) is 10.7. The van der Waals surface area contributed by atoms with E-state index in [9.17, 15) is 0 Å². The molecule has 0 bridgehead atoms. The van der Waals surface area contributed by atoms with Gasteiger partial charge in [-0.2, -0.15) is 5.26 Å². The molecule has 0 N–H and O–H groups in total. The Kier molecular flexibility index (Phi) is 3.95. The third-order valence-corrected chi connectivity index (χ3v) is 4.08. The van der Waals surface area contributed by atoms with Crippen LogP contribution in [0.4, 0.5) is 0 Å². The van der Waals surface area contributed by atoms with E-state index >= 15 is 0 Å². The fourth-order valence-corrected chi connectivity index (χ4v) is 2.96. The second-order valence-corrected chi connectivity index (χ2v) is 5.07. The van der Waals surface area contributed by atoms with Gasteiger partial charge in [0, 0.05) is 4.88 Å². The third-order valence-electron chi connectivity index (χ3n) is 3.04. The SMILES string of the molecule is CCC(Cc1ccccc1C#N)c1cccs1. The molecule has 17 heavy (non-hydrogen) atoms. The number of nitrogens with zero attached hydrogens (tertiary/aromatic N) is 1. The number of rotatable bonds is 4. The van der Waals surface area contributed by atoms with Crippen molar-refractivity contribution < 1.29 is 0 Å². The van der Waals surface area contributed by atoms with Crippen molar-refractivity contribution in [3.63, 3.8) is 0 Å². The molecule has 0 aliphatic carbocycles. The maximum Gasteiger partial charge on any atom is 0.0994 e. The van der Waals surface area contributed by atoms with E-state index in [-0.39, 0.29) is 0 Å². The van der Waals surface area contributed by atoms with Crippen molar-refractivity contribution in [1.82, 2.24) is 0 Å². The highest BCUT2D eigenvalue weighted by Crippen LogP contribution is 2.28. The van der Waals surface area contributed by atoms with Gasteiger partial charge in [0.1, 0.15) is 0 Å². The molecule has 1 unspecified atom stereocenters. The Labute approximate surface area is 106 Å². The summed E-state index contributed by atoms with van der Waals surface area (Å²) >= 11 is 1.81. The quantitative estimate of drug-likeness (QED) is 0.780. The van der Waals surface area contributed by atoms with Crippen molar-refractivity contribution in [3.05, 3.63) is 57.8 Å². The Balaban J connectivity index is 2.22. The predicted octanol–water partition coefficient (Wildman–Crippen LogP) is 4.36. The summed E-state index contributed by atoms with van der Waals surface area (Å²) in [7, 11) is 0. The maximum atomic E-state index is 9.09. The molecule has 0 saturated carbocycles. The van der Waals surface area contributed by atoms with Gasteiger partial charge in [0.05, 0.1) is 11.6 Å². The summed E-state index contributed by atoms with van der Waals surface area (Å²) in [6.07, 6.45) is 2.07. The summed E-state index contributed by atoms with van der Waals surface area (Å²) in [5.41, 5.74) is 1.97. The van der Waals surface area contributed by atoms with Crippen LogP contribution >= 0.6 is 11.3 Å². The highest BCUT2D eigenvalue weighted by atomic mass is 32.1. The third kappa shape index (κ3) is 2.75. The number of nitriles is 1. The summed E-state index contributed by atoms with van der Waals surface area (Å²) in [5.74, 6) is 0.532. The van der Waals surface area contributed by atoms with Crippen LogP contribution in [0.3, 0.4) is 0 Å². The maximum absolute atomic E-state index is 9.09. The van der Waals surface area contributed by atoms with Crippen molar-refractivity contribution in [1.29, 1.82) is 5.26 Å². The Morgan fingerprint density at radius 3 is 2.71 bits per heavy atom. The summed E-state index contributed by atoms with van der Waals surface area (Å²) in [6.45, 7) is 2.21. The van der Waals surface area contributed by atoms with E-state index in [2.05, 4.69) is 36.6 Å². The Morgan fingerprint density at radius 2 is 2.06 bits per heavy atom. The molecule has 2 heteroatoms. The van der Waals surface area contributed by atoms with Gasteiger partial charge < -0.3 is 0 Å². The van der Waals surface area contributed by atoms with Gasteiger partial charge in [0.25, 0.3) is 0 Å². The van der Waals surface area contributed by atoms with Gasteiger partial charge in [0.2, 0.25) is 0 Å². The first kappa shape index (κ1) is 11.9. The van der Waals surface area contributed by atoms with Crippen LogP contribution < -0.4 is 0 Å². The zero-order chi connectivity index (χ0) is 12.1. The fourth-order valence-electron chi connectivity index (χ4n) is 2.04. The second-order valence-electron chi connectivity index (χ2n) is 4.09. The molecule has 0 radical (unpaired) electrons. The summed E-state index contributed by atoms with van der Waals surface area (Å²) in [6, 6.07) is 14.5. The lowest BCUT2D eigenvalue weighted by molar-refractivity contribution is 0.671. The molecular formula is C15H15NS. The van der Waals surface area contributed by atoms with Crippen molar-refractivity contribution in [2.75, 3.05) is 0 Å². The molecule has 0 saturated heterocycles. The number of benzene rings is 1. The van der Waals surface area contributed by atoms with Gasteiger partial charge >= 0.3 is 0 Å². The summed E-state index contributed by atoms with van der Waals surface area (Å²) < 4.78 is 0. The van der Waals surface area contributed by atoms with Crippen molar-refractivity contribution in [2.24, 2.45) is 0 Å². The molecular weight excluding hydrogens is 226 g/mol. The molecule has 2 aromatic rings. The van der Waals surface area contributed by atoms with Crippen molar-refractivity contribution in [2.45, 2.75) is 25.7 Å². The molecule has 1 aromatic heterocycles. The fraction of sp³-hybridized carbons (Fsp3) is 0.267. The molecule has 1 aromatic carbocycles. The smallest absolute Gasteiger partial charge is 0.0994 e. The van der Waals surface area contributed by atoms with Gasteiger partial charge in [0.15, 0.2) is 0 Å². The molecule has 2 rings (SSSR count). The number of hydrogen-bond donors (Lipinski definition) is 0. The molecule has 1 atom stereocenters. The van der Waals surface area contributed by atoms with E-state index in [1.54, 1.807) is 11.3 Å². The van der Waals surface area contributed by atoms with Crippen LogP contribution in [0.15, 0.2) is 41.8 Å². The summed E-state index contributed by atoms with van der Waals surface area (Å²) in [5, 5.41) is 11.2. The van der Waals surface area contributed by atoms with Crippen LogP contribution in [0.2, 0.25) is 0 Å². The normalized spacial score (nSPS) is 12.0. The van der Waals surface area contributed by atoms with Crippen LogP contribution in [0.5, 0.6) is 0 Å². The van der Waals surface area contributed by atoms with Crippen LogP contribution in [0.1, 0.15) is 35.3 Å². The lowest BCUT2D eigenvalue weighted by Crippen LogP contribution is -2.01. The summed E-state index contributed by atoms with van der Waals surface area (Å²) in [4.78, 5) is 1.42. The minimum Gasteiger partial charge on any atom is -0.192 e. The largest absolute Gasteiger partial charge is 0.192 e. The van der Waals surface area contributed by atoms with Crippen molar-refractivity contribution >= 4 is 11.3 Å². The topological polar surface area (TPSA) is 23.8 Å². The average molecular weight is 241 g/mol. The van der Waals surface area contributed by atoms with Crippen LogP contribution in [-0.4, -0.2) is 0 Å². The second kappa shape index (κ2) is 5.65. The van der Waals surface area contributed by atoms with E-state index in [1.807, 2.05) is 18.2 Å². The van der Waals surface area contributed by atoms with Crippen LogP contribution in [0, 0.1) is 11.3 Å². The van der Waals surface area contributed by atoms with Crippen LogP contribution in [0.25, 0.3) is 0 Å². The predicted molar refractivity (Wildman–Crippen MR) is 72.2 cm³/mol. The monoisotopic (exact) mass is 241 g/mol. The van der Waals surface area contributed by atoms with E-state index in [4.69, 9.17) is 5.26 Å². The highest BCUT2D eigenvalue weighted by Gasteiger charge is 2.13. The average Bonchev–Trinajstić information content (AvgIpc) is 2.90. The van der Waals surface area contributed by atoms with Gasteiger partial charge in [-0.25, -0.2) is 0 Å². The van der Waals surface area contributed by atoms with Gasteiger partial charge in [-0.15, -0.1) is 11.3 Å². The van der Waals surface area contributed by atoms with E-state index in [1.165, 1.54) is 4.88 Å². The lowest BCUT2D eigenvalue weighted by Gasteiger charge is -2.13. The Bertz CT molecular complexity index is 508. The minimum absolute atomic E-state index is 0.532. The first-order valence-electron chi connectivity index (χ1n) is 5.86. The van der Waals surface area contributed by atoms with E-state index in [0.717, 1.165) is 24.0 Å². The van der Waals surface area contributed by atoms with Gasteiger partial charge in [-0.05, 0) is 41.8 Å². The number of hydrogen-bond acceptors (Lipinski definition) is 2. The molecule has 0 aliphatic heterocycles. The minimum atomic E-state index is 0.532. The molecule has 0 amide bonds. The van der Waals surface area contributed by atoms with Gasteiger partial charge in [-0.3, -0.25) is 0 Å². The first-order chi connectivity index (χ1) is 8.35. The molecule has 1 heterocycles. The standard InChI is InChI=1S/C15H15NS/c1-2-12(15-8-5-9-17-15)10-13-6-3-4-7-14(13)11-16/h3-9,12H,2,10H2,1H3. The zero-order valence-electron chi connectivity index (χ0n) is 9.89. The number of thiophene rings is 1. The highest BCUT2D eigenvalue weighted by molar-refractivity contribution is 7.10. The molecule has 1 nitrogen and oxygen atoms in total. The van der Waals surface area contributed by atoms with Crippen LogP contribution in [-0.2, 0) is 6.42 Å². The molecule has 0 fully saturated rings. The molecule has 0 aliphatic rings. The Morgan fingerprint density at radius 1 is 1.24 bits per heavy atom. The molecule has 0 spiro atoms. The first-order valence-corrected chi connectivity index (χ1v) is 6.74. The van der Waals surface area contributed by atoms with E-state index in [0.29, 0.717) is 5.92 Å².